The fourth-order valence-electron chi connectivity index (χ4n) is 4.05. The van der Waals surface area contributed by atoms with Gasteiger partial charge < -0.3 is 15.1 Å². The summed E-state index contributed by atoms with van der Waals surface area (Å²) in [6.07, 6.45) is 0.856. The molecule has 0 radical (unpaired) electrons. The maximum atomic E-state index is 13.4. The number of nitrogens with zero attached hydrogens (tertiary/aromatic N) is 4. The summed E-state index contributed by atoms with van der Waals surface area (Å²) in [5.74, 6) is 1.91. The third-order valence-electron chi connectivity index (χ3n) is 5.38. The molecule has 5 atom stereocenters. The summed E-state index contributed by atoms with van der Waals surface area (Å²) < 4.78 is 13.4. The van der Waals surface area contributed by atoms with Crippen molar-refractivity contribution in [2.75, 3.05) is 31.1 Å². The first-order chi connectivity index (χ1) is 11.7. The summed E-state index contributed by atoms with van der Waals surface area (Å²) in [6.45, 7) is 2.13. The average Bonchev–Trinajstić information content (AvgIpc) is 2.95. The Kier molecular flexibility index (Phi) is 3.85. The highest BCUT2D eigenvalue weighted by atomic mass is 19.1. The minimum atomic E-state index is -1.08. The van der Waals surface area contributed by atoms with Gasteiger partial charge in [-0.15, -0.1) is 0 Å². The number of hydrogen-bond donors (Lipinski definition) is 1. The van der Waals surface area contributed by atoms with Gasteiger partial charge in [-0.2, -0.15) is 5.26 Å². The van der Waals surface area contributed by atoms with Gasteiger partial charge in [0.05, 0.1) is 19.2 Å². The van der Waals surface area contributed by atoms with E-state index in [2.05, 4.69) is 15.2 Å². The summed E-state index contributed by atoms with van der Waals surface area (Å²) >= 11 is 0. The lowest BCUT2D eigenvalue weighted by Gasteiger charge is -2.22. The Hall–Kier alpha value is -2.20. The van der Waals surface area contributed by atoms with Gasteiger partial charge in [0.2, 0.25) is 5.91 Å². The van der Waals surface area contributed by atoms with Crippen LogP contribution < -0.4 is 10.2 Å². The van der Waals surface area contributed by atoms with Crippen LogP contribution in [0.2, 0.25) is 0 Å². The van der Waals surface area contributed by atoms with Gasteiger partial charge in [0.1, 0.15) is 18.0 Å². The zero-order valence-corrected chi connectivity index (χ0v) is 13.3. The molecular weight excluding hydrogens is 309 g/mol. The maximum Gasteiger partial charge on any atom is 0.237 e. The first-order valence-corrected chi connectivity index (χ1v) is 8.40. The van der Waals surface area contributed by atoms with Crippen LogP contribution in [0.5, 0.6) is 0 Å². The minimum absolute atomic E-state index is 0.0454. The van der Waals surface area contributed by atoms with E-state index in [1.165, 1.54) is 4.90 Å². The number of aromatic nitrogens is 1. The van der Waals surface area contributed by atoms with Crippen molar-refractivity contribution in [1.82, 2.24) is 15.2 Å². The van der Waals surface area contributed by atoms with E-state index in [0.717, 1.165) is 18.9 Å². The molecule has 3 aliphatic rings. The highest BCUT2D eigenvalue weighted by molar-refractivity contribution is 5.79. The third kappa shape index (κ3) is 2.71. The number of anilines is 1. The topological polar surface area (TPSA) is 72.3 Å². The van der Waals surface area contributed by atoms with E-state index in [1.807, 2.05) is 24.3 Å². The number of rotatable bonds is 4. The molecular formula is C17H20FN5O. The van der Waals surface area contributed by atoms with Crippen LogP contribution in [0.1, 0.15) is 6.42 Å². The average molecular weight is 329 g/mol. The van der Waals surface area contributed by atoms with E-state index in [4.69, 9.17) is 5.26 Å². The molecule has 4 rings (SSSR count). The quantitative estimate of drug-likeness (QED) is 0.874. The number of likely N-dealkylation sites (tertiary alicyclic amines) is 1. The molecule has 0 spiro atoms. The number of carbonyl (C=O) groups excluding carboxylic acids is 1. The molecule has 1 N–H and O–H groups in total. The molecule has 1 saturated carbocycles. The Bertz CT molecular complexity index is 651. The number of alkyl halides is 1. The summed E-state index contributed by atoms with van der Waals surface area (Å²) in [5, 5.41) is 12.3. The number of carbonyl (C=O) groups is 1. The fourth-order valence-corrected chi connectivity index (χ4v) is 4.05. The molecule has 0 bridgehead atoms. The number of halogens is 1. The molecule has 126 valence electrons. The van der Waals surface area contributed by atoms with Crippen molar-refractivity contribution in [2.24, 2.45) is 11.8 Å². The Balaban J connectivity index is 1.25. The summed E-state index contributed by atoms with van der Waals surface area (Å²) in [6, 6.07) is 7.65. The predicted molar refractivity (Wildman–Crippen MR) is 85.8 cm³/mol. The van der Waals surface area contributed by atoms with Gasteiger partial charge in [0.25, 0.3) is 0 Å². The molecule has 2 saturated heterocycles. The molecule has 0 aromatic carbocycles. The van der Waals surface area contributed by atoms with Crippen LogP contribution in [0.15, 0.2) is 24.4 Å². The monoisotopic (exact) mass is 329 g/mol. The Morgan fingerprint density at radius 3 is 2.83 bits per heavy atom. The van der Waals surface area contributed by atoms with Crippen molar-refractivity contribution >= 4 is 11.7 Å². The van der Waals surface area contributed by atoms with Crippen LogP contribution in [0, 0.1) is 23.2 Å². The van der Waals surface area contributed by atoms with Gasteiger partial charge in [0, 0.05) is 31.7 Å². The molecule has 1 unspecified atom stereocenters. The van der Waals surface area contributed by atoms with Gasteiger partial charge in [-0.3, -0.25) is 4.79 Å². The van der Waals surface area contributed by atoms with E-state index in [9.17, 15) is 9.18 Å². The van der Waals surface area contributed by atoms with E-state index >= 15 is 0 Å². The lowest BCUT2D eigenvalue weighted by atomic mass is 10.2. The Labute approximate surface area is 140 Å². The first-order valence-electron chi connectivity index (χ1n) is 8.40. The van der Waals surface area contributed by atoms with Gasteiger partial charge in [-0.05, 0) is 24.0 Å². The molecule has 2 aliphatic heterocycles. The lowest BCUT2D eigenvalue weighted by molar-refractivity contribution is -0.130. The van der Waals surface area contributed by atoms with Crippen LogP contribution >= 0.6 is 0 Å². The van der Waals surface area contributed by atoms with Crippen LogP contribution in [-0.2, 0) is 4.79 Å². The standard InChI is InChI=1S/C17H20FN5O/c18-11-5-12(6-19)23(8-11)16(24)7-21-17-13-9-22(10-14(13)17)15-3-1-2-4-20-15/h1-4,11-14,17,21H,5,7-10H2/t11-,12-,13-,14+,17?/m0/s1. The molecule has 7 heteroatoms. The van der Waals surface area contributed by atoms with Crippen LogP contribution in [-0.4, -0.2) is 60.2 Å². The van der Waals surface area contributed by atoms with Crippen molar-refractivity contribution in [3.05, 3.63) is 24.4 Å². The number of nitrogens with one attached hydrogen (secondary N) is 1. The zero-order chi connectivity index (χ0) is 16.7. The normalized spacial score (nSPS) is 34.1. The van der Waals surface area contributed by atoms with Crippen molar-refractivity contribution in [1.29, 1.82) is 5.26 Å². The van der Waals surface area contributed by atoms with Gasteiger partial charge >= 0.3 is 0 Å². The molecule has 1 aliphatic carbocycles. The van der Waals surface area contributed by atoms with E-state index in [1.54, 1.807) is 6.20 Å². The number of amides is 1. The molecule has 24 heavy (non-hydrogen) atoms. The van der Waals surface area contributed by atoms with Crippen molar-refractivity contribution < 1.29 is 9.18 Å². The summed E-state index contributed by atoms with van der Waals surface area (Å²) in [4.78, 5) is 20.2. The first kappa shape index (κ1) is 15.3. The van der Waals surface area contributed by atoms with Crippen molar-refractivity contribution in [2.45, 2.75) is 24.7 Å². The second-order valence-electron chi connectivity index (χ2n) is 6.85. The largest absolute Gasteiger partial charge is 0.356 e. The second-order valence-corrected chi connectivity index (χ2v) is 6.85. The highest BCUT2D eigenvalue weighted by Crippen LogP contribution is 2.46. The summed E-state index contributed by atoms with van der Waals surface area (Å²) in [7, 11) is 0. The van der Waals surface area contributed by atoms with E-state index in [-0.39, 0.29) is 25.4 Å². The number of piperidine rings is 1. The number of fused-ring (bicyclic) bond motifs is 1. The highest BCUT2D eigenvalue weighted by Gasteiger charge is 2.56. The van der Waals surface area contributed by atoms with Crippen LogP contribution in [0.4, 0.5) is 10.2 Å². The Morgan fingerprint density at radius 2 is 2.17 bits per heavy atom. The van der Waals surface area contributed by atoms with Crippen molar-refractivity contribution in [3.63, 3.8) is 0 Å². The van der Waals surface area contributed by atoms with Crippen LogP contribution in [0.25, 0.3) is 0 Å². The molecule has 3 fully saturated rings. The Morgan fingerprint density at radius 1 is 1.38 bits per heavy atom. The van der Waals surface area contributed by atoms with Crippen LogP contribution in [0.3, 0.4) is 0 Å². The summed E-state index contributed by atoms with van der Waals surface area (Å²) in [5.41, 5.74) is 0. The smallest absolute Gasteiger partial charge is 0.237 e. The van der Waals surface area contributed by atoms with Gasteiger partial charge in [-0.1, -0.05) is 6.07 Å². The van der Waals surface area contributed by atoms with Gasteiger partial charge in [0.15, 0.2) is 0 Å². The number of hydrogen-bond acceptors (Lipinski definition) is 5. The van der Waals surface area contributed by atoms with Crippen molar-refractivity contribution in [3.8, 4) is 6.07 Å². The molecule has 1 aromatic heterocycles. The zero-order valence-electron chi connectivity index (χ0n) is 13.3. The number of nitriles is 1. The SMILES string of the molecule is N#C[C@@H]1C[C@H](F)CN1C(=O)CNC1[C@H]2CN(c3ccccn3)C[C@@H]12. The molecule has 1 aromatic rings. The van der Waals surface area contributed by atoms with Gasteiger partial charge in [-0.25, -0.2) is 9.37 Å². The van der Waals surface area contributed by atoms with E-state index < -0.39 is 12.2 Å². The minimum Gasteiger partial charge on any atom is -0.356 e. The number of pyridine rings is 1. The third-order valence-corrected chi connectivity index (χ3v) is 5.38. The molecule has 1 amide bonds. The fraction of sp³-hybridized carbons (Fsp3) is 0.588. The molecule has 3 heterocycles. The second kappa shape index (κ2) is 6.02. The lowest BCUT2D eigenvalue weighted by Crippen LogP contribution is -2.43. The predicted octanol–water partition coefficient (Wildman–Crippen LogP) is 0.568. The maximum absolute atomic E-state index is 13.4. The van der Waals surface area contributed by atoms with E-state index in [0.29, 0.717) is 17.9 Å². The molecule has 6 nitrogen and oxygen atoms in total.